The second kappa shape index (κ2) is 15.7. The number of hydrogen-bond acceptors (Lipinski definition) is 15. The number of hydrogen-bond donors (Lipinski definition) is 1. The first-order chi connectivity index (χ1) is 20.6. The Hall–Kier alpha value is -4.64. The van der Waals surface area contributed by atoms with E-state index >= 15 is 0 Å². The molecule has 6 atom stereocenters. The molecular weight excluding hydrogens is 592 g/mol. The van der Waals surface area contributed by atoms with Crippen LogP contribution in [0.5, 0.6) is 0 Å². The van der Waals surface area contributed by atoms with E-state index in [1.165, 1.54) is 24.3 Å². The third-order valence-corrected chi connectivity index (χ3v) is 6.11. The van der Waals surface area contributed by atoms with Gasteiger partial charge < -0.3 is 38.5 Å². The number of nitrogens with zero attached hydrogens (tertiary/aromatic N) is 1. The number of carbonyl (C=O) groups excluding carboxylic acids is 6. The molecule has 0 unspecified atom stereocenters. The van der Waals surface area contributed by atoms with Crippen LogP contribution in [0, 0.1) is 10.1 Å². The highest BCUT2D eigenvalue weighted by atomic mass is 16.7. The molecule has 0 spiro atoms. The van der Waals surface area contributed by atoms with Crippen LogP contribution in [-0.4, -0.2) is 90.6 Å². The summed E-state index contributed by atoms with van der Waals surface area (Å²) in [6, 6.07) is 3.79. The molecule has 1 heterocycles. The zero-order valence-electron chi connectivity index (χ0n) is 24.9. The minimum Gasteiger partial charge on any atom is -0.465 e. The first-order valence-electron chi connectivity index (χ1n) is 13.1. The van der Waals surface area contributed by atoms with E-state index in [9.17, 15) is 38.9 Å². The molecule has 0 bridgehead atoms. The van der Waals surface area contributed by atoms with Gasteiger partial charge in [-0.25, -0.2) is 4.79 Å². The van der Waals surface area contributed by atoms with Crippen molar-refractivity contribution < 1.29 is 66.8 Å². The number of rotatable bonds is 13. The monoisotopic (exact) mass is 626 g/mol. The molecular formula is C27H34N2O15. The molecule has 0 aliphatic carbocycles. The van der Waals surface area contributed by atoms with Gasteiger partial charge in [0.25, 0.3) is 11.5 Å². The maximum Gasteiger partial charge on any atom is 0.366 e. The molecule has 1 amide bonds. The van der Waals surface area contributed by atoms with Crippen molar-refractivity contribution in [1.82, 2.24) is 5.32 Å². The normalized spacial score (nSPS) is 22.4. The maximum absolute atomic E-state index is 13.3. The summed E-state index contributed by atoms with van der Waals surface area (Å²) < 4.78 is 38.2. The fourth-order valence-electron chi connectivity index (χ4n) is 4.46. The number of benzene rings is 1. The van der Waals surface area contributed by atoms with Crippen LogP contribution in [0.25, 0.3) is 0 Å². The van der Waals surface area contributed by atoms with E-state index in [1.807, 2.05) is 0 Å². The summed E-state index contributed by atoms with van der Waals surface area (Å²) >= 11 is 0. The van der Waals surface area contributed by atoms with Crippen LogP contribution in [0.3, 0.4) is 0 Å². The van der Waals surface area contributed by atoms with Gasteiger partial charge in [0.05, 0.1) is 31.1 Å². The predicted molar refractivity (Wildman–Crippen MR) is 143 cm³/mol. The van der Waals surface area contributed by atoms with Gasteiger partial charge in [-0.15, -0.1) is 0 Å². The Morgan fingerprint density at radius 2 is 1.59 bits per heavy atom. The number of methoxy groups -OCH3 is 1. The zero-order valence-corrected chi connectivity index (χ0v) is 24.9. The van der Waals surface area contributed by atoms with Crippen molar-refractivity contribution >= 4 is 41.4 Å². The fraction of sp³-hybridized carbons (Fsp3) is 0.556. The van der Waals surface area contributed by atoms with Gasteiger partial charge in [0.1, 0.15) is 18.8 Å². The molecule has 1 aliphatic heterocycles. The Balaban J connectivity index is 2.70. The van der Waals surface area contributed by atoms with Crippen molar-refractivity contribution in [3.8, 4) is 0 Å². The van der Waals surface area contributed by atoms with Crippen LogP contribution in [0.4, 0.5) is 5.69 Å². The lowest BCUT2D eigenvalue weighted by Gasteiger charge is -2.48. The second-order valence-corrected chi connectivity index (χ2v) is 9.64. The predicted octanol–water partition coefficient (Wildman–Crippen LogP) is 0.633. The largest absolute Gasteiger partial charge is 0.465 e. The van der Waals surface area contributed by atoms with Gasteiger partial charge in [-0.05, 0) is 17.7 Å². The molecule has 1 aliphatic rings. The van der Waals surface area contributed by atoms with Crippen molar-refractivity contribution in [3.63, 3.8) is 0 Å². The molecule has 1 N–H and O–H groups in total. The van der Waals surface area contributed by atoms with E-state index in [0.29, 0.717) is 5.56 Å². The quantitative estimate of drug-likeness (QED) is 0.137. The summed E-state index contributed by atoms with van der Waals surface area (Å²) in [5.74, 6) is -7.60. The minimum atomic E-state index is -2.41. The lowest BCUT2D eigenvalue weighted by molar-refractivity contribution is -0.384. The van der Waals surface area contributed by atoms with Gasteiger partial charge in [-0.3, -0.25) is 34.1 Å². The summed E-state index contributed by atoms with van der Waals surface area (Å²) in [6.07, 6.45) is -6.86. The summed E-state index contributed by atoms with van der Waals surface area (Å²) in [6.45, 7) is 4.29. The molecule has 17 heteroatoms. The number of ether oxygens (including phenoxy) is 7. The van der Waals surface area contributed by atoms with Crippen LogP contribution >= 0.6 is 0 Å². The Morgan fingerprint density at radius 3 is 2.07 bits per heavy atom. The number of nitro benzene ring substituents is 1. The third kappa shape index (κ3) is 9.98. The van der Waals surface area contributed by atoms with Crippen molar-refractivity contribution in [1.29, 1.82) is 0 Å². The molecule has 1 aromatic rings. The summed E-state index contributed by atoms with van der Waals surface area (Å²) in [7, 11) is 1.02. The van der Waals surface area contributed by atoms with E-state index in [2.05, 4.69) is 5.32 Å². The SMILES string of the molecule is COC(=O)[C@]1(OCc2ccc([N+](=O)[O-])cc2)C[C@H](OC(C)=O)[C@@H](NC(C)=O)[C@H]([C@H](OC(C)=O)[C@@H](COC(C)=O)OC(C)=O)O1. The number of amides is 1. The molecule has 1 saturated heterocycles. The van der Waals surface area contributed by atoms with Gasteiger partial charge in [-0.1, -0.05) is 0 Å². The van der Waals surface area contributed by atoms with E-state index in [-0.39, 0.29) is 5.69 Å². The maximum atomic E-state index is 13.3. The van der Waals surface area contributed by atoms with Gasteiger partial charge in [-0.2, -0.15) is 0 Å². The lowest BCUT2D eigenvalue weighted by atomic mass is 9.88. The Morgan fingerprint density at radius 1 is 0.977 bits per heavy atom. The van der Waals surface area contributed by atoms with Gasteiger partial charge in [0.2, 0.25) is 5.91 Å². The number of nitro groups is 1. The Kier molecular flexibility index (Phi) is 12.7. The van der Waals surface area contributed by atoms with Gasteiger partial charge in [0, 0.05) is 46.8 Å². The van der Waals surface area contributed by atoms with Crippen molar-refractivity contribution in [2.75, 3.05) is 13.7 Å². The van der Waals surface area contributed by atoms with Crippen molar-refractivity contribution in [2.45, 2.75) is 83.9 Å². The van der Waals surface area contributed by atoms with Crippen molar-refractivity contribution in [2.24, 2.45) is 0 Å². The molecule has 2 rings (SSSR count). The smallest absolute Gasteiger partial charge is 0.366 e. The van der Waals surface area contributed by atoms with Crippen LogP contribution in [0.1, 0.15) is 46.6 Å². The van der Waals surface area contributed by atoms with E-state index in [1.54, 1.807) is 0 Å². The lowest BCUT2D eigenvalue weighted by Crippen LogP contribution is -2.69. The van der Waals surface area contributed by atoms with Crippen LogP contribution in [0.15, 0.2) is 24.3 Å². The topological polar surface area (TPSA) is 222 Å². The number of carbonyl (C=O) groups is 6. The minimum absolute atomic E-state index is 0.202. The highest BCUT2D eigenvalue weighted by Gasteiger charge is 2.59. The summed E-state index contributed by atoms with van der Waals surface area (Å²) in [5.41, 5.74) is 0.156. The summed E-state index contributed by atoms with van der Waals surface area (Å²) in [5, 5.41) is 13.6. The van der Waals surface area contributed by atoms with Gasteiger partial charge in [0.15, 0.2) is 12.2 Å². The molecule has 0 radical (unpaired) electrons. The molecule has 1 aromatic carbocycles. The molecule has 0 saturated carbocycles. The van der Waals surface area contributed by atoms with Crippen LogP contribution < -0.4 is 5.32 Å². The molecule has 242 valence electrons. The third-order valence-electron chi connectivity index (χ3n) is 6.11. The average Bonchev–Trinajstić information content (AvgIpc) is 2.93. The number of non-ortho nitro benzene ring substituents is 1. The number of esters is 5. The molecule has 0 aromatic heterocycles. The summed E-state index contributed by atoms with van der Waals surface area (Å²) in [4.78, 5) is 84.1. The first kappa shape index (κ1) is 35.6. The van der Waals surface area contributed by atoms with Crippen LogP contribution in [-0.2, 0) is 68.5 Å². The van der Waals surface area contributed by atoms with Crippen molar-refractivity contribution in [3.05, 3.63) is 39.9 Å². The second-order valence-electron chi connectivity index (χ2n) is 9.64. The molecule has 17 nitrogen and oxygen atoms in total. The van der Waals surface area contributed by atoms with Gasteiger partial charge >= 0.3 is 29.8 Å². The highest BCUT2D eigenvalue weighted by Crippen LogP contribution is 2.37. The standard InChI is InChI=1S/C27H34N2O15/c1-14(30)28-23-21(41-16(3)32)11-27(26(35)38-6,40-12-19-7-9-20(10-8-19)29(36)37)44-25(23)24(43-18(5)34)22(42-17(4)33)13-39-15(2)31/h7-10,21-25H,11-13H2,1-6H3,(H,28,30)/t21-,22+,23+,24+,25+,27-/m0/s1. The number of nitrogens with one attached hydrogen (secondary N) is 1. The average molecular weight is 627 g/mol. The zero-order chi connectivity index (χ0) is 33.2. The Bertz CT molecular complexity index is 1250. The molecule has 1 fully saturated rings. The Labute approximate surface area is 251 Å². The van der Waals surface area contributed by atoms with Crippen LogP contribution in [0.2, 0.25) is 0 Å². The van der Waals surface area contributed by atoms with E-state index < -0.39 is 96.6 Å². The molecule has 44 heavy (non-hydrogen) atoms. The first-order valence-corrected chi connectivity index (χ1v) is 13.1. The fourth-order valence-corrected chi connectivity index (χ4v) is 4.46. The van der Waals surface area contributed by atoms with E-state index in [4.69, 9.17) is 33.2 Å². The van der Waals surface area contributed by atoms with E-state index in [0.717, 1.165) is 41.7 Å². The highest BCUT2D eigenvalue weighted by molar-refractivity contribution is 5.79.